The smallest absolute Gasteiger partial charge is 0.410 e. The number of nitrogen functional groups attached to an aromatic ring is 1. The van der Waals surface area contributed by atoms with Crippen LogP contribution in [0.4, 0.5) is 16.4 Å². The van der Waals surface area contributed by atoms with E-state index in [1.165, 1.54) is 0 Å². The molecule has 134 valence electrons. The van der Waals surface area contributed by atoms with Crippen LogP contribution in [-0.2, 0) is 4.74 Å². The first-order chi connectivity index (χ1) is 11.8. The maximum Gasteiger partial charge on any atom is 0.410 e. The number of amides is 1. The lowest BCUT2D eigenvalue weighted by Gasteiger charge is -2.34. The van der Waals surface area contributed by atoms with Crippen LogP contribution in [0.15, 0.2) is 24.3 Å². The highest BCUT2D eigenvalue weighted by Gasteiger charge is 2.27. The van der Waals surface area contributed by atoms with Gasteiger partial charge < -0.3 is 20.7 Å². The number of fused-ring (bicyclic) bond motifs is 1. The van der Waals surface area contributed by atoms with E-state index < -0.39 is 5.60 Å². The number of nitrogens with zero attached hydrogens (tertiary/aromatic N) is 3. The molecule has 1 aromatic carbocycles. The minimum absolute atomic E-state index is 0.205. The van der Waals surface area contributed by atoms with Crippen LogP contribution in [0.2, 0.25) is 0 Å². The first-order valence-electron chi connectivity index (χ1n) is 8.58. The zero-order valence-electron chi connectivity index (χ0n) is 15.0. The number of carbonyl (C=O) groups excluding carboxylic acids is 1. The Morgan fingerprint density at radius 1 is 1.20 bits per heavy atom. The fourth-order valence-electron chi connectivity index (χ4n) is 2.85. The first-order valence-corrected chi connectivity index (χ1v) is 8.58. The zero-order valence-corrected chi connectivity index (χ0v) is 15.0. The Labute approximate surface area is 147 Å². The fourth-order valence-corrected chi connectivity index (χ4v) is 2.85. The molecular formula is C18H25N5O2. The molecule has 1 fully saturated rings. The van der Waals surface area contributed by atoms with Gasteiger partial charge in [0.25, 0.3) is 0 Å². The highest BCUT2D eigenvalue weighted by molar-refractivity contribution is 5.79. The summed E-state index contributed by atoms with van der Waals surface area (Å²) in [4.78, 5) is 22.8. The topological polar surface area (TPSA) is 93.4 Å². The molecule has 3 N–H and O–H groups in total. The van der Waals surface area contributed by atoms with Gasteiger partial charge in [-0.05, 0) is 45.7 Å². The zero-order chi connectivity index (χ0) is 18.0. The molecule has 25 heavy (non-hydrogen) atoms. The number of nitrogens with two attached hydrogens (primary N) is 1. The molecule has 3 rings (SSSR count). The summed E-state index contributed by atoms with van der Waals surface area (Å²) in [5.74, 6) is 1.00. The second-order valence-electron chi connectivity index (χ2n) is 7.33. The van der Waals surface area contributed by atoms with Crippen molar-refractivity contribution in [2.75, 3.05) is 24.1 Å². The predicted molar refractivity (Wildman–Crippen MR) is 98.4 cm³/mol. The molecule has 2 aromatic rings. The molecule has 2 heterocycles. The van der Waals surface area contributed by atoms with E-state index in [0.29, 0.717) is 24.7 Å². The van der Waals surface area contributed by atoms with Crippen LogP contribution in [0.1, 0.15) is 33.6 Å². The van der Waals surface area contributed by atoms with Crippen molar-refractivity contribution in [3.63, 3.8) is 0 Å². The highest BCUT2D eigenvalue weighted by Crippen LogP contribution is 2.22. The molecule has 0 radical (unpaired) electrons. The van der Waals surface area contributed by atoms with E-state index >= 15 is 0 Å². The number of hydrogen-bond donors (Lipinski definition) is 2. The Morgan fingerprint density at radius 3 is 2.40 bits per heavy atom. The van der Waals surface area contributed by atoms with Gasteiger partial charge in [0.2, 0.25) is 0 Å². The van der Waals surface area contributed by atoms with Gasteiger partial charge in [0, 0.05) is 19.1 Å². The quantitative estimate of drug-likeness (QED) is 0.870. The Bertz CT molecular complexity index is 764. The van der Waals surface area contributed by atoms with Crippen molar-refractivity contribution in [3.8, 4) is 0 Å². The molecule has 7 heteroatoms. The molecule has 0 saturated carbocycles. The summed E-state index contributed by atoms with van der Waals surface area (Å²) in [6, 6.07) is 7.85. The molecule has 0 unspecified atom stereocenters. The van der Waals surface area contributed by atoms with Crippen LogP contribution in [0.25, 0.3) is 11.0 Å². The third kappa shape index (κ3) is 4.29. The molecule has 1 aliphatic rings. The number of carbonyl (C=O) groups is 1. The second-order valence-corrected chi connectivity index (χ2v) is 7.33. The van der Waals surface area contributed by atoms with Crippen molar-refractivity contribution < 1.29 is 9.53 Å². The second kappa shape index (κ2) is 6.74. The van der Waals surface area contributed by atoms with Crippen LogP contribution in [0.3, 0.4) is 0 Å². The third-order valence-corrected chi connectivity index (χ3v) is 4.09. The van der Waals surface area contributed by atoms with Crippen molar-refractivity contribution >= 4 is 28.8 Å². The minimum atomic E-state index is -0.471. The van der Waals surface area contributed by atoms with E-state index in [4.69, 9.17) is 10.5 Å². The lowest BCUT2D eigenvalue weighted by Crippen LogP contribution is -2.44. The summed E-state index contributed by atoms with van der Waals surface area (Å²) in [5, 5.41) is 3.37. The Kier molecular flexibility index (Phi) is 4.65. The lowest BCUT2D eigenvalue weighted by molar-refractivity contribution is 0.0210. The van der Waals surface area contributed by atoms with E-state index in [9.17, 15) is 4.79 Å². The van der Waals surface area contributed by atoms with Gasteiger partial charge in [-0.3, -0.25) is 0 Å². The number of anilines is 2. The van der Waals surface area contributed by atoms with E-state index in [2.05, 4.69) is 15.3 Å². The number of ether oxygens (including phenoxy) is 1. The largest absolute Gasteiger partial charge is 0.444 e. The van der Waals surface area contributed by atoms with Gasteiger partial charge in [-0.15, -0.1) is 0 Å². The van der Waals surface area contributed by atoms with Crippen molar-refractivity contribution in [1.29, 1.82) is 0 Å². The van der Waals surface area contributed by atoms with E-state index in [-0.39, 0.29) is 12.1 Å². The van der Waals surface area contributed by atoms with Crippen molar-refractivity contribution in [3.05, 3.63) is 24.3 Å². The number of aromatic nitrogens is 2. The molecule has 0 spiro atoms. The number of para-hydroxylation sites is 2. The third-order valence-electron chi connectivity index (χ3n) is 4.09. The van der Waals surface area contributed by atoms with Crippen molar-refractivity contribution in [2.45, 2.75) is 45.3 Å². The molecule has 0 aliphatic carbocycles. The van der Waals surface area contributed by atoms with Gasteiger partial charge in [-0.25, -0.2) is 14.8 Å². The number of rotatable bonds is 2. The fraction of sp³-hybridized carbons (Fsp3) is 0.500. The van der Waals surface area contributed by atoms with Crippen LogP contribution in [0.5, 0.6) is 0 Å². The highest BCUT2D eigenvalue weighted by atomic mass is 16.6. The standard InChI is InChI=1S/C18H25N5O2/c1-18(2,3)25-17(24)23-10-8-12(9-11-23)20-16-15(19)21-13-6-4-5-7-14(13)22-16/h4-7,12H,8-11H2,1-3H3,(H2,19,21)(H,20,22). The molecule has 1 amide bonds. The van der Waals surface area contributed by atoms with E-state index in [1.54, 1.807) is 4.90 Å². The molecule has 1 aromatic heterocycles. The SMILES string of the molecule is CC(C)(C)OC(=O)N1CCC(Nc2nc3ccccc3nc2N)CC1. The summed E-state index contributed by atoms with van der Waals surface area (Å²) in [6.45, 7) is 6.92. The maximum absolute atomic E-state index is 12.1. The number of likely N-dealkylation sites (tertiary alicyclic amines) is 1. The summed E-state index contributed by atoms with van der Waals surface area (Å²) in [5.41, 5.74) is 7.15. The van der Waals surface area contributed by atoms with E-state index in [1.807, 2.05) is 45.0 Å². The average molecular weight is 343 g/mol. The lowest BCUT2D eigenvalue weighted by atomic mass is 10.1. The van der Waals surface area contributed by atoms with Gasteiger partial charge in [0.1, 0.15) is 5.60 Å². The number of nitrogens with one attached hydrogen (secondary N) is 1. The van der Waals surface area contributed by atoms with Crippen molar-refractivity contribution in [2.24, 2.45) is 0 Å². The predicted octanol–water partition coefficient (Wildman–Crippen LogP) is 3.02. The Hall–Kier alpha value is -2.57. The molecule has 0 atom stereocenters. The summed E-state index contributed by atoms with van der Waals surface area (Å²) in [6.07, 6.45) is 1.37. The monoisotopic (exact) mass is 343 g/mol. The van der Waals surface area contributed by atoms with Crippen LogP contribution >= 0.6 is 0 Å². The maximum atomic E-state index is 12.1. The van der Waals surface area contributed by atoms with Gasteiger partial charge in [0.15, 0.2) is 11.6 Å². The van der Waals surface area contributed by atoms with Gasteiger partial charge in [-0.2, -0.15) is 0 Å². The molecule has 0 bridgehead atoms. The van der Waals surface area contributed by atoms with Gasteiger partial charge >= 0.3 is 6.09 Å². The van der Waals surface area contributed by atoms with Crippen LogP contribution in [0, 0.1) is 0 Å². The summed E-state index contributed by atoms with van der Waals surface area (Å²) in [7, 11) is 0. The number of hydrogen-bond acceptors (Lipinski definition) is 6. The normalized spacial score (nSPS) is 16.0. The molecule has 1 aliphatic heterocycles. The van der Waals surface area contributed by atoms with Crippen LogP contribution in [-0.4, -0.2) is 45.7 Å². The van der Waals surface area contributed by atoms with Crippen molar-refractivity contribution in [1.82, 2.24) is 14.9 Å². The first kappa shape index (κ1) is 17.3. The molecule has 1 saturated heterocycles. The number of benzene rings is 1. The molecular weight excluding hydrogens is 318 g/mol. The van der Waals surface area contributed by atoms with Crippen LogP contribution < -0.4 is 11.1 Å². The summed E-state index contributed by atoms with van der Waals surface area (Å²) < 4.78 is 5.42. The van der Waals surface area contributed by atoms with Gasteiger partial charge in [-0.1, -0.05) is 12.1 Å². The Balaban J connectivity index is 1.61. The minimum Gasteiger partial charge on any atom is -0.444 e. The Morgan fingerprint density at radius 2 is 1.80 bits per heavy atom. The average Bonchev–Trinajstić information content (AvgIpc) is 2.54. The summed E-state index contributed by atoms with van der Waals surface area (Å²) >= 11 is 0. The van der Waals surface area contributed by atoms with E-state index in [0.717, 1.165) is 23.9 Å². The number of piperidine rings is 1. The molecule has 7 nitrogen and oxygen atoms in total. The van der Waals surface area contributed by atoms with Gasteiger partial charge in [0.05, 0.1) is 11.0 Å².